The molecule has 10 aliphatic rings. The minimum absolute atomic E-state index is 0.569. The van der Waals surface area contributed by atoms with E-state index in [9.17, 15) is 0 Å². The van der Waals surface area contributed by atoms with Crippen molar-refractivity contribution >= 4 is 0 Å². The average molecular weight is 631 g/mol. The van der Waals surface area contributed by atoms with Gasteiger partial charge in [-0.1, -0.05) is 89.9 Å². The molecule has 2 N–H and O–H groups in total. The molecule has 0 aromatic rings. The highest BCUT2D eigenvalue weighted by Crippen LogP contribution is 2.59. The van der Waals surface area contributed by atoms with E-state index in [1.807, 2.05) is 0 Å². The number of rotatable bonds is 3. The Morgan fingerprint density at radius 2 is 0.913 bits per heavy atom. The Morgan fingerprint density at radius 1 is 0.326 bits per heavy atom. The first kappa shape index (κ1) is 30.7. The Hall–Kier alpha value is -0.120. The maximum atomic E-state index is 7.28. The molecule has 17 unspecified atom stereocenters. The Labute approximate surface area is 282 Å². The Bertz CT molecular complexity index is 1060. The molecule has 258 valence electrons. The molecule has 0 aromatic heterocycles. The fourth-order valence-corrected chi connectivity index (χ4v) is 16.1. The first-order chi connectivity index (χ1) is 22.8. The second kappa shape index (κ2) is 12.9. The molecule has 8 saturated carbocycles. The fraction of sp³-hybridized carbons (Fsp3) is 1.00. The second-order valence-electron chi connectivity index (χ2n) is 19.8. The third-order valence-electron chi connectivity index (χ3n) is 18.1. The normalized spacial score (nSPS) is 55.7. The lowest BCUT2D eigenvalue weighted by atomic mass is 9.56. The maximum absolute atomic E-state index is 7.28. The lowest BCUT2D eigenvalue weighted by molar-refractivity contribution is -0.0883. The highest BCUT2D eigenvalue weighted by molar-refractivity contribution is 5.11. The van der Waals surface area contributed by atoms with Crippen LogP contribution >= 0.6 is 0 Å². The molecule has 2 aliphatic heterocycles. The third-order valence-corrected chi connectivity index (χ3v) is 18.1. The van der Waals surface area contributed by atoms with Crippen molar-refractivity contribution in [1.82, 2.24) is 10.6 Å². The van der Waals surface area contributed by atoms with Crippen LogP contribution < -0.4 is 10.6 Å². The van der Waals surface area contributed by atoms with Crippen molar-refractivity contribution in [3.05, 3.63) is 0 Å². The van der Waals surface area contributed by atoms with Gasteiger partial charge in [-0.25, -0.2) is 0 Å². The summed E-state index contributed by atoms with van der Waals surface area (Å²) in [6.45, 7) is 0. The van der Waals surface area contributed by atoms with Crippen molar-refractivity contribution in [2.45, 2.75) is 191 Å². The molecule has 17 atom stereocenters. The molecule has 3 heteroatoms. The Morgan fingerprint density at radius 3 is 1.76 bits per heavy atom. The van der Waals surface area contributed by atoms with E-state index in [2.05, 4.69) is 10.6 Å². The number of nitrogens with one attached hydrogen (secondary N) is 2. The van der Waals surface area contributed by atoms with Crippen LogP contribution in [0.25, 0.3) is 0 Å². The SMILES string of the molecule is C1CCC(C2CCC3OC4C(CC(C5NC(C6CCC7CCCCC7C6)C6CC7CCCCC7C6N5)C5CCCCC54)C3C2)CC1. The molecule has 46 heavy (non-hydrogen) atoms. The van der Waals surface area contributed by atoms with E-state index >= 15 is 0 Å². The summed E-state index contributed by atoms with van der Waals surface area (Å²) in [5.74, 6) is 12.3. The molecule has 10 rings (SSSR count). The van der Waals surface area contributed by atoms with Gasteiger partial charge in [0.2, 0.25) is 0 Å². The van der Waals surface area contributed by atoms with Gasteiger partial charge in [-0.3, -0.25) is 10.6 Å². The summed E-state index contributed by atoms with van der Waals surface area (Å²) in [6.07, 6.45) is 39.5. The topological polar surface area (TPSA) is 33.3 Å². The summed E-state index contributed by atoms with van der Waals surface area (Å²) in [4.78, 5) is 0. The van der Waals surface area contributed by atoms with Crippen LogP contribution in [-0.4, -0.2) is 30.5 Å². The summed E-state index contributed by atoms with van der Waals surface area (Å²) >= 11 is 0. The van der Waals surface area contributed by atoms with Gasteiger partial charge in [0.25, 0.3) is 0 Å². The quantitative estimate of drug-likeness (QED) is 0.326. The van der Waals surface area contributed by atoms with Gasteiger partial charge in [0.15, 0.2) is 0 Å². The third kappa shape index (κ3) is 5.34. The summed E-state index contributed by atoms with van der Waals surface area (Å²) < 4.78 is 7.28. The van der Waals surface area contributed by atoms with Crippen LogP contribution in [-0.2, 0) is 4.74 Å². The summed E-state index contributed by atoms with van der Waals surface area (Å²) in [7, 11) is 0. The van der Waals surface area contributed by atoms with Gasteiger partial charge in [-0.05, 0) is 148 Å². The zero-order chi connectivity index (χ0) is 30.2. The molecule has 2 saturated heterocycles. The number of fused-ring (bicyclic) bond motifs is 9. The van der Waals surface area contributed by atoms with E-state index in [1.54, 1.807) is 32.1 Å². The summed E-state index contributed by atoms with van der Waals surface area (Å²) in [6, 6.07) is 1.60. The zero-order valence-corrected chi connectivity index (χ0v) is 29.5. The van der Waals surface area contributed by atoms with E-state index < -0.39 is 0 Å². The molecule has 0 amide bonds. The van der Waals surface area contributed by atoms with Crippen molar-refractivity contribution in [3.63, 3.8) is 0 Å². The number of hydrogen-bond acceptors (Lipinski definition) is 3. The fourth-order valence-electron chi connectivity index (χ4n) is 16.1. The molecule has 0 radical (unpaired) electrons. The predicted molar refractivity (Wildman–Crippen MR) is 187 cm³/mol. The molecular formula is C43H70N2O. The molecule has 10 fully saturated rings. The van der Waals surface area contributed by atoms with Crippen LogP contribution in [0.2, 0.25) is 0 Å². The lowest BCUT2D eigenvalue weighted by Gasteiger charge is -2.55. The van der Waals surface area contributed by atoms with Crippen LogP contribution in [0, 0.1) is 76.9 Å². The van der Waals surface area contributed by atoms with Crippen LogP contribution in [0.3, 0.4) is 0 Å². The monoisotopic (exact) mass is 631 g/mol. The van der Waals surface area contributed by atoms with E-state index in [0.717, 1.165) is 89.0 Å². The molecule has 2 heterocycles. The highest BCUT2D eigenvalue weighted by Gasteiger charge is 2.59. The molecule has 0 bridgehead atoms. The van der Waals surface area contributed by atoms with Gasteiger partial charge in [0.05, 0.1) is 18.4 Å². The standard InChI is InChI=1S/C43H70N2O/c1-2-10-26(11-3-1)29-20-21-39-35(23-29)36-25-37(33-16-8-9-17-34(33)42(36)46-39)43-44-40(31-19-18-27-12-4-5-13-28(27)22-31)38-24-30-14-6-7-15-32(30)41(38)45-43/h26-45H,1-25H2. The Kier molecular flexibility index (Phi) is 8.60. The smallest absolute Gasteiger partial charge is 0.0641 e. The maximum Gasteiger partial charge on any atom is 0.0641 e. The summed E-state index contributed by atoms with van der Waals surface area (Å²) in [5.41, 5.74) is 0. The second-order valence-corrected chi connectivity index (χ2v) is 19.8. The minimum atomic E-state index is 0.569. The first-order valence-electron chi connectivity index (χ1n) is 22.0. The molecule has 0 aromatic carbocycles. The van der Waals surface area contributed by atoms with E-state index in [-0.39, 0.29) is 0 Å². The van der Waals surface area contributed by atoms with Crippen LogP contribution in [0.5, 0.6) is 0 Å². The minimum Gasteiger partial charge on any atom is -0.374 e. The Balaban J connectivity index is 0.929. The highest BCUT2D eigenvalue weighted by atomic mass is 16.5. The van der Waals surface area contributed by atoms with Crippen LogP contribution in [0.4, 0.5) is 0 Å². The van der Waals surface area contributed by atoms with Gasteiger partial charge < -0.3 is 4.74 Å². The van der Waals surface area contributed by atoms with Crippen LogP contribution in [0.1, 0.15) is 161 Å². The largest absolute Gasteiger partial charge is 0.374 e. The van der Waals surface area contributed by atoms with Crippen molar-refractivity contribution in [3.8, 4) is 0 Å². The average Bonchev–Trinajstić information content (AvgIpc) is 3.69. The van der Waals surface area contributed by atoms with E-state index in [0.29, 0.717) is 18.4 Å². The predicted octanol–water partition coefficient (Wildman–Crippen LogP) is 9.88. The van der Waals surface area contributed by atoms with Gasteiger partial charge >= 0.3 is 0 Å². The lowest BCUT2D eigenvalue weighted by Crippen LogP contribution is -2.69. The van der Waals surface area contributed by atoms with Gasteiger partial charge in [-0.15, -0.1) is 0 Å². The van der Waals surface area contributed by atoms with Crippen molar-refractivity contribution in [2.75, 3.05) is 0 Å². The van der Waals surface area contributed by atoms with E-state index in [4.69, 9.17) is 4.74 Å². The van der Waals surface area contributed by atoms with Crippen LogP contribution in [0.15, 0.2) is 0 Å². The number of hydrogen-bond donors (Lipinski definition) is 2. The van der Waals surface area contributed by atoms with Gasteiger partial charge in [-0.2, -0.15) is 0 Å². The summed E-state index contributed by atoms with van der Waals surface area (Å²) in [5, 5.41) is 9.27. The zero-order valence-electron chi connectivity index (χ0n) is 29.5. The first-order valence-corrected chi connectivity index (χ1v) is 22.0. The van der Waals surface area contributed by atoms with Crippen molar-refractivity contribution in [2.24, 2.45) is 76.9 Å². The van der Waals surface area contributed by atoms with E-state index in [1.165, 1.54) is 128 Å². The molecule has 0 spiro atoms. The van der Waals surface area contributed by atoms with Crippen molar-refractivity contribution in [1.29, 1.82) is 0 Å². The van der Waals surface area contributed by atoms with Gasteiger partial charge in [0, 0.05) is 12.1 Å². The molecule has 8 aliphatic carbocycles. The molecule has 3 nitrogen and oxygen atoms in total. The van der Waals surface area contributed by atoms with Crippen molar-refractivity contribution < 1.29 is 4.74 Å². The number of ether oxygens (including phenoxy) is 1. The van der Waals surface area contributed by atoms with Gasteiger partial charge in [0.1, 0.15) is 0 Å². The molecular weight excluding hydrogens is 560 g/mol.